The molecule has 13 heavy (non-hydrogen) atoms. The van der Waals surface area contributed by atoms with Gasteiger partial charge < -0.3 is 0 Å². The van der Waals surface area contributed by atoms with E-state index < -0.39 is 20.0 Å². The molecule has 0 aliphatic rings. The third-order valence-corrected chi connectivity index (χ3v) is 4.22. The Hall–Kier alpha value is -0.293. The maximum Gasteiger partial charge on any atom is 0.229 e. The second-order valence-corrected chi connectivity index (χ2v) is 9.74. The van der Waals surface area contributed by atoms with Crippen LogP contribution in [0.5, 0.6) is 0 Å². The van der Waals surface area contributed by atoms with Crippen LogP contribution in [0, 0.1) is 11.9 Å². The number of nitrogens with zero attached hydrogens (tertiary/aromatic N) is 1. The number of halogens is 3. The molecule has 0 saturated heterocycles. The normalized spacial score (nSPS) is 11.8. The summed E-state index contributed by atoms with van der Waals surface area (Å²) in [6, 6.07) is 1.49. The zero-order valence-electron chi connectivity index (χ0n) is 7.66. The van der Waals surface area contributed by atoms with Gasteiger partial charge in [-0.25, -0.2) is 0 Å². The van der Waals surface area contributed by atoms with E-state index in [1.807, 2.05) is 19.6 Å². The van der Waals surface area contributed by atoms with Gasteiger partial charge in [-0.15, -0.1) is 0 Å². The molecule has 1 aromatic rings. The van der Waals surface area contributed by atoms with Crippen molar-refractivity contribution in [3.8, 4) is 0 Å². The Morgan fingerprint density at radius 1 is 1.23 bits per heavy atom. The molecule has 72 valence electrons. The molecule has 0 aromatic carbocycles. The van der Waals surface area contributed by atoms with Gasteiger partial charge in [0.05, 0.1) is 12.5 Å². The highest BCUT2D eigenvalue weighted by Gasteiger charge is 2.23. The fraction of sp³-hybridized carbons (Fsp3) is 0.375. The number of aromatic nitrogens is 1. The number of hydrogen-bond donors (Lipinski definition) is 0. The molecule has 1 rings (SSSR count). The van der Waals surface area contributed by atoms with Crippen LogP contribution in [0.1, 0.15) is 0 Å². The number of hydrogen-bond acceptors (Lipinski definition) is 1. The van der Waals surface area contributed by atoms with Gasteiger partial charge in [0.25, 0.3) is 0 Å². The largest absolute Gasteiger partial charge is 0.229 e. The summed E-state index contributed by atoms with van der Waals surface area (Å²) in [5.41, 5.74) is 0. The van der Waals surface area contributed by atoms with E-state index in [0.29, 0.717) is 5.19 Å². The van der Waals surface area contributed by atoms with Gasteiger partial charge in [-0.2, -0.15) is 13.8 Å². The van der Waals surface area contributed by atoms with Crippen LogP contribution in [0.4, 0.5) is 8.78 Å². The second kappa shape index (κ2) is 3.46. The van der Waals surface area contributed by atoms with Crippen LogP contribution in [0.2, 0.25) is 19.6 Å². The summed E-state index contributed by atoms with van der Waals surface area (Å²) < 4.78 is 26.2. The first kappa shape index (κ1) is 10.8. The van der Waals surface area contributed by atoms with Crippen LogP contribution in [0.3, 0.4) is 0 Å². The van der Waals surface area contributed by atoms with Crippen molar-refractivity contribution in [1.29, 1.82) is 0 Å². The van der Waals surface area contributed by atoms with E-state index in [-0.39, 0.29) is 4.47 Å². The smallest absolute Gasteiger partial charge is 0.190 e. The van der Waals surface area contributed by atoms with Gasteiger partial charge in [0, 0.05) is 0 Å². The minimum absolute atomic E-state index is 0.228. The second-order valence-electron chi connectivity index (χ2n) is 3.85. The van der Waals surface area contributed by atoms with Gasteiger partial charge in [0.2, 0.25) is 11.9 Å². The topological polar surface area (TPSA) is 12.9 Å². The highest BCUT2D eigenvalue weighted by Crippen LogP contribution is 2.14. The summed E-state index contributed by atoms with van der Waals surface area (Å²) in [7, 11) is -1.77. The molecule has 0 unspecified atom stereocenters. The molecule has 1 heterocycles. The Bertz CT molecular complexity index is 336. The zero-order chi connectivity index (χ0) is 10.2. The summed E-state index contributed by atoms with van der Waals surface area (Å²) in [6.45, 7) is 5.95. The molecule has 0 aliphatic heterocycles. The molecule has 0 fully saturated rings. The van der Waals surface area contributed by atoms with Gasteiger partial charge in [-0.3, -0.25) is 0 Å². The molecule has 0 atom stereocenters. The fourth-order valence-electron chi connectivity index (χ4n) is 0.972. The van der Waals surface area contributed by atoms with E-state index >= 15 is 0 Å². The maximum absolute atomic E-state index is 13.2. The van der Waals surface area contributed by atoms with Crippen molar-refractivity contribution in [2.24, 2.45) is 0 Å². The molecule has 0 spiro atoms. The lowest BCUT2D eigenvalue weighted by molar-refractivity contribution is 0.513. The van der Waals surface area contributed by atoms with Gasteiger partial charge >= 0.3 is 0 Å². The highest BCUT2D eigenvalue weighted by atomic mass is 79.9. The van der Waals surface area contributed by atoms with Gasteiger partial charge in [-0.1, -0.05) is 19.6 Å². The minimum Gasteiger partial charge on any atom is -0.190 e. The van der Waals surface area contributed by atoms with Crippen LogP contribution in [0.15, 0.2) is 10.5 Å². The molecule has 1 aromatic heterocycles. The van der Waals surface area contributed by atoms with E-state index in [1.54, 1.807) is 0 Å². The summed E-state index contributed by atoms with van der Waals surface area (Å²) >= 11 is 2.99. The Morgan fingerprint density at radius 3 is 2.23 bits per heavy atom. The number of rotatable bonds is 1. The predicted octanol–water partition coefficient (Wildman–Crippen LogP) is 2.67. The Labute approximate surface area is 85.3 Å². The first-order valence-electron chi connectivity index (χ1n) is 3.84. The average Bonchev–Trinajstić information content (AvgIpc) is 1.94. The lowest BCUT2D eigenvalue weighted by atomic mass is 10.5. The Kier molecular flexibility index (Phi) is 2.87. The quantitative estimate of drug-likeness (QED) is 0.562. The standard InChI is InChI=1S/C8H10BrF2NSi/c1-13(2,3)6-4-5(9)7(10)12-8(6)11/h4H,1-3H3. The third-order valence-electron chi connectivity index (χ3n) is 1.69. The molecule has 5 heteroatoms. The number of pyridine rings is 1. The van der Waals surface area contributed by atoms with E-state index in [1.165, 1.54) is 6.07 Å². The SMILES string of the molecule is C[Si](C)(C)c1cc(Br)c(F)nc1F. The lowest BCUT2D eigenvalue weighted by Gasteiger charge is -2.16. The van der Waals surface area contributed by atoms with Crippen LogP contribution in [-0.2, 0) is 0 Å². The molecular weight excluding hydrogens is 256 g/mol. The maximum atomic E-state index is 13.2. The van der Waals surface area contributed by atoms with Crippen LogP contribution in [0.25, 0.3) is 0 Å². The van der Waals surface area contributed by atoms with Crippen LogP contribution >= 0.6 is 15.9 Å². The predicted molar refractivity (Wildman–Crippen MR) is 54.8 cm³/mol. The van der Waals surface area contributed by atoms with E-state index in [9.17, 15) is 8.78 Å². The molecule has 0 aliphatic carbocycles. The van der Waals surface area contributed by atoms with Crippen molar-refractivity contribution in [3.05, 3.63) is 22.4 Å². The van der Waals surface area contributed by atoms with E-state index in [0.717, 1.165) is 0 Å². The van der Waals surface area contributed by atoms with E-state index in [4.69, 9.17) is 0 Å². The summed E-state index contributed by atoms with van der Waals surface area (Å²) in [6.07, 6.45) is 0. The Balaban J connectivity index is 3.32. The highest BCUT2D eigenvalue weighted by molar-refractivity contribution is 9.10. The molecule has 0 N–H and O–H groups in total. The Morgan fingerprint density at radius 2 is 1.77 bits per heavy atom. The van der Waals surface area contributed by atoms with Gasteiger partial charge in [0.15, 0.2) is 0 Å². The molecule has 0 radical (unpaired) electrons. The molecule has 1 nitrogen and oxygen atoms in total. The zero-order valence-corrected chi connectivity index (χ0v) is 10.2. The van der Waals surface area contributed by atoms with Crippen molar-refractivity contribution >= 4 is 29.2 Å². The summed E-state index contributed by atoms with van der Waals surface area (Å²) in [4.78, 5) is 3.19. The summed E-state index contributed by atoms with van der Waals surface area (Å²) in [5, 5.41) is 0.542. The van der Waals surface area contributed by atoms with Crippen molar-refractivity contribution in [1.82, 2.24) is 4.98 Å². The molecule has 0 bridgehead atoms. The molecular formula is C8H10BrF2NSi. The molecule has 0 saturated carbocycles. The third kappa shape index (κ3) is 2.34. The first-order valence-corrected chi connectivity index (χ1v) is 8.13. The summed E-state index contributed by atoms with van der Waals surface area (Å²) in [5.74, 6) is -1.47. The van der Waals surface area contributed by atoms with Crippen molar-refractivity contribution < 1.29 is 8.78 Å². The van der Waals surface area contributed by atoms with Gasteiger partial charge in [-0.05, 0) is 27.2 Å². The van der Waals surface area contributed by atoms with Crippen molar-refractivity contribution in [2.45, 2.75) is 19.6 Å². The van der Waals surface area contributed by atoms with Crippen LogP contribution < -0.4 is 5.19 Å². The van der Waals surface area contributed by atoms with E-state index in [2.05, 4.69) is 20.9 Å². The molecule has 0 amide bonds. The van der Waals surface area contributed by atoms with Crippen molar-refractivity contribution in [3.63, 3.8) is 0 Å². The van der Waals surface area contributed by atoms with Gasteiger partial charge in [0.1, 0.15) is 0 Å². The monoisotopic (exact) mass is 265 g/mol. The minimum atomic E-state index is -1.77. The van der Waals surface area contributed by atoms with Crippen LogP contribution in [-0.4, -0.2) is 13.1 Å². The first-order chi connectivity index (χ1) is 5.82. The lowest BCUT2D eigenvalue weighted by Crippen LogP contribution is -2.40. The average molecular weight is 266 g/mol. The van der Waals surface area contributed by atoms with Crippen molar-refractivity contribution in [2.75, 3.05) is 0 Å². The fourth-order valence-corrected chi connectivity index (χ4v) is 2.75.